The Morgan fingerprint density at radius 2 is 1.64 bits per heavy atom. The number of hydrogen-bond acceptors (Lipinski definition) is 15. The smallest absolute Gasteiger partial charge is 0.417 e. The van der Waals surface area contributed by atoms with E-state index in [1.165, 1.54) is 72.9 Å². The zero-order chi connectivity index (χ0) is 44.3. The first-order valence-corrected chi connectivity index (χ1v) is 22.9. The summed E-state index contributed by atoms with van der Waals surface area (Å²) in [6.45, 7) is 6.95. The molecule has 2 aliphatic heterocycles. The average Bonchev–Trinajstić information content (AvgIpc) is 3.85. The number of nitrogens with zero attached hydrogens (tertiary/aromatic N) is 1. The van der Waals surface area contributed by atoms with Gasteiger partial charge in [-0.25, -0.2) is 27.4 Å². The third kappa shape index (κ3) is 15.9. The van der Waals surface area contributed by atoms with Crippen molar-refractivity contribution in [3.8, 4) is 17.2 Å². The Kier molecular flexibility index (Phi) is 23.2. The summed E-state index contributed by atoms with van der Waals surface area (Å²) in [4.78, 5) is 37.3. The number of hydrogen-bond donors (Lipinski definition) is 3. The molecule has 5 rings (SSSR count). The Labute approximate surface area is 405 Å². The van der Waals surface area contributed by atoms with Gasteiger partial charge >= 0.3 is 25.6 Å². The number of halogens is 1. The third-order valence-corrected chi connectivity index (χ3v) is 13.1. The van der Waals surface area contributed by atoms with Gasteiger partial charge in [-0.2, -0.15) is 4.31 Å². The van der Waals surface area contributed by atoms with Crippen LogP contribution in [0.1, 0.15) is 50.0 Å². The first kappa shape index (κ1) is 56.8. The predicted molar refractivity (Wildman–Crippen MR) is 240 cm³/mol. The van der Waals surface area contributed by atoms with E-state index < -0.39 is 72.6 Å². The maximum absolute atomic E-state index is 14.0. The number of aliphatic hydroxyl groups is 1. The number of aromatic carboxylic acids is 1. The number of carboxylic acids is 1. The van der Waals surface area contributed by atoms with E-state index in [1.807, 2.05) is 13.8 Å². The van der Waals surface area contributed by atoms with Gasteiger partial charge in [-0.15, -0.1) is 24.0 Å². The van der Waals surface area contributed by atoms with Crippen molar-refractivity contribution in [3.63, 3.8) is 0 Å². The Morgan fingerprint density at radius 3 is 2.27 bits per heavy atom. The van der Waals surface area contributed by atoms with Gasteiger partial charge in [0, 0.05) is 33.5 Å². The van der Waals surface area contributed by atoms with Gasteiger partial charge in [-0.3, -0.25) is 4.52 Å². The van der Waals surface area contributed by atoms with E-state index in [1.54, 1.807) is 19.1 Å². The van der Waals surface area contributed by atoms with E-state index in [9.17, 15) is 37.6 Å². The zero-order valence-corrected chi connectivity index (χ0v) is 41.9. The second-order valence-electron chi connectivity index (χ2n) is 14.8. The second kappa shape index (κ2) is 26.1. The van der Waals surface area contributed by atoms with Crippen LogP contribution < -0.4 is 19.3 Å². The normalized spacial score (nSPS) is 19.0. The van der Waals surface area contributed by atoms with Crippen molar-refractivity contribution in [2.75, 3.05) is 46.4 Å². The standard InChI is InChI=1S/C41H53N2O16PS.CH3.HI.Pd/c1-6-53-39(47)27(4)58-60(49,59-32-9-7-8-29(21-32)38(45)46)25-56-31-12-10-28(11-13-31)20-35(42-41(48)57-37-24-55-40-34(37)18-19-54-40)36(44)23-43(22-26(2)3)61(50,51)33-16-14-30(52-5)15-17-33;;;/h7-17,21,26-27,34-37,40,44H,6,18-20,22-25H2,1-5H3,(H,42,48)(H,45,46);1H3;1H;/q;-1;;/t27?,34-,35-,36+,37-,40+,60?;;;/m0.../s1. The number of ether oxygens (including phenoxy) is 6. The van der Waals surface area contributed by atoms with Gasteiger partial charge in [-0.1, -0.05) is 32.0 Å². The first-order valence-electron chi connectivity index (χ1n) is 19.7. The number of benzene rings is 3. The van der Waals surface area contributed by atoms with Crippen LogP contribution in [0.3, 0.4) is 0 Å². The molecule has 2 saturated heterocycles. The molecule has 0 bridgehead atoms. The van der Waals surface area contributed by atoms with Crippen LogP contribution in [-0.4, -0.2) is 118 Å². The van der Waals surface area contributed by atoms with Crippen LogP contribution in [0.2, 0.25) is 0 Å². The Morgan fingerprint density at radius 1 is 0.969 bits per heavy atom. The van der Waals surface area contributed by atoms with Crippen molar-refractivity contribution < 1.29 is 95.5 Å². The minimum atomic E-state index is -4.33. The fourth-order valence-corrected chi connectivity index (χ4v) is 9.75. The number of nitrogens with one attached hydrogen (secondary N) is 1. The molecule has 360 valence electrons. The molecule has 0 aromatic heterocycles. The number of aliphatic hydroxyl groups excluding tert-OH is 1. The molecule has 0 aliphatic carbocycles. The van der Waals surface area contributed by atoms with Crippen molar-refractivity contribution in [1.82, 2.24) is 9.62 Å². The summed E-state index contributed by atoms with van der Waals surface area (Å²) in [6, 6.07) is 16.4. The average molecular weight is 1140 g/mol. The van der Waals surface area contributed by atoms with Crippen molar-refractivity contribution in [3.05, 3.63) is 91.3 Å². The van der Waals surface area contributed by atoms with Crippen LogP contribution in [0, 0.1) is 19.3 Å². The number of sulfonamides is 1. The minimum absolute atomic E-state index is 0. The summed E-state index contributed by atoms with van der Waals surface area (Å²) in [5, 5.41) is 23.9. The van der Waals surface area contributed by atoms with Gasteiger partial charge < -0.3 is 55.9 Å². The molecule has 2 aliphatic rings. The monoisotopic (exact) mass is 1140 g/mol. The van der Waals surface area contributed by atoms with E-state index in [0.717, 1.165) is 6.07 Å². The number of carboxylic acid groups (broad SMARTS) is 1. The molecule has 3 aromatic carbocycles. The summed E-state index contributed by atoms with van der Waals surface area (Å²) in [7, 11) is -6.97. The number of alkyl carbamates (subject to hydrolysis) is 1. The SMILES string of the molecule is CCOC(=O)C(C)OP(=O)(COc1ccc(C[C@H](NC(=O)O[C@H]2CO[C@H]3OCC[C@H]32)[C@H](O)CN(CC(C)C)S(=O)(=O)c2ccc(OC)cc2)cc1)Oc1cccc(C(=O)O)c1.I.[CH3-].[Pd]. The van der Waals surface area contributed by atoms with Gasteiger partial charge in [0.15, 0.2) is 12.4 Å². The maximum Gasteiger partial charge on any atom is 0.417 e. The Balaban J connectivity index is 0.00000469. The maximum atomic E-state index is 14.0. The van der Waals surface area contributed by atoms with E-state index in [2.05, 4.69) is 5.32 Å². The van der Waals surface area contributed by atoms with E-state index in [4.69, 9.17) is 37.5 Å². The molecule has 3 N–H and O–H groups in total. The van der Waals surface area contributed by atoms with Crippen LogP contribution in [0.25, 0.3) is 0 Å². The van der Waals surface area contributed by atoms with E-state index in [-0.39, 0.29) is 118 Å². The van der Waals surface area contributed by atoms with Crippen LogP contribution in [-0.2, 0) is 69.7 Å². The second-order valence-corrected chi connectivity index (χ2v) is 18.6. The molecular formula is C42H57IN2O16PPdS-. The summed E-state index contributed by atoms with van der Waals surface area (Å²) in [5.74, 6) is -1.76. The number of carbonyl (C=O) groups excluding carboxylic acids is 2. The number of esters is 1. The van der Waals surface area contributed by atoms with E-state index in [0.29, 0.717) is 24.3 Å². The van der Waals surface area contributed by atoms with Gasteiger partial charge in [-0.05, 0) is 92.8 Å². The van der Waals surface area contributed by atoms with Crippen LogP contribution in [0.15, 0.2) is 77.7 Å². The van der Waals surface area contributed by atoms with Crippen molar-refractivity contribution in [2.24, 2.45) is 11.8 Å². The molecule has 22 heteroatoms. The topological polar surface area (TPSA) is 232 Å². The third-order valence-electron chi connectivity index (χ3n) is 9.70. The molecule has 0 spiro atoms. The van der Waals surface area contributed by atoms with Crippen molar-refractivity contribution in [1.29, 1.82) is 0 Å². The van der Waals surface area contributed by atoms with Crippen LogP contribution in [0.4, 0.5) is 4.79 Å². The molecule has 0 radical (unpaired) electrons. The summed E-state index contributed by atoms with van der Waals surface area (Å²) in [6.07, 6.45) is -4.70. The quantitative estimate of drug-likeness (QED) is 0.0337. The molecule has 2 heterocycles. The number of fused-ring (bicyclic) bond motifs is 1. The van der Waals surface area contributed by atoms with Crippen molar-refractivity contribution in [2.45, 2.75) is 76.1 Å². The minimum Gasteiger partial charge on any atom is -0.497 e. The van der Waals surface area contributed by atoms with Gasteiger partial charge in [0.1, 0.15) is 23.4 Å². The Bertz CT molecular complexity index is 2120. The summed E-state index contributed by atoms with van der Waals surface area (Å²) >= 11 is 0. The van der Waals surface area contributed by atoms with Crippen LogP contribution in [0.5, 0.6) is 17.2 Å². The molecular weight excluding hydrogens is 1080 g/mol. The first-order chi connectivity index (χ1) is 29.0. The van der Waals surface area contributed by atoms with E-state index >= 15 is 0 Å². The van der Waals surface area contributed by atoms with Crippen molar-refractivity contribution >= 4 is 59.6 Å². The molecule has 7 atom stereocenters. The molecule has 64 heavy (non-hydrogen) atoms. The fourth-order valence-electron chi connectivity index (χ4n) is 6.66. The van der Waals surface area contributed by atoms with Gasteiger partial charge in [0.2, 0.25) is 16.4 Å². The number of methoxy groups -OCH3 is 1. The van der Waals surface area contributed by atoms with Gasteiger partial charge in [0.05, 0.1) is 55.5 Å². The van der Waals surface area contributed by atoms with Crippen LogP contribution >= 0.6 is 31.6 Å². The zero-order valence-electron chi connectivity index (χ0n) is 36.3. The molecule has 2 unspecified atom stereocenters. The summed E-state index contributed by atoms with van der Waals surface area (Å²) < 4.78 is 87.0. The molecule has 2 fully saturated rings. The molecule has 1 amide bonds. The molecule has 18 nitrogen and oxygen atoms in total. The molecule has 3 aromatic rings. The van der Waals surface area contributed by atoms with Gasteiger partial charge in [0.25, 0.3) is 0 Å². The Hall–Kier alpha value is -3.36. The predicted octanol–water partition coefficient (Wildman–Crippen LogP) is 6.14. The largest absolute Gasteiger partial charge is 0.497 e. The number of rotatable bonds is 22. The fraction of sp³-hybridized carbons (Fsp3) is 0.476. The molecule has 0 saturated carbocycles. The number of carbonyl (C=O) groups is 3. The number of amides is 1. The summed E-state index contributed by atoms with van der Waals surface area (Å²) in [5.41, 5.74) is 0.442.